The Bertz CT molecular complexity index is 418. The third-order valence-corrected chi connectivity index (χ3v) is 3.35. The zero-order valence-corrected chi connectivity index (χ0v) is 12.8. The second-order valence-electron chi connectivity index (χ2n) is 4.01. The fourth-order valence-electron chi connectivity index (χ4n) is 1.56. The van der Waals surface area contributed by atoms with Crippen molar-refractivity contribution >= 4 is 27.5 Å². The van der Waals surface area contributed by atoms with E-state index < -0.39 is 0 Å². The van der Waals surface area contributed by atoms with Crippen molar-refractivity contribution in [3.63, 3.8) is 0 Å². The van der Waals surface area contributed by atoms with E-state index in [0.717, 1.165) is 4.47 Å². The van der Waals surface area contributed by atoms with Crippen molar-refractivity contribution in [3.05, 3.63) is 28.2 Å². The third kappa shape index (κ3) is 4.81. The van der Waals surface area contributed by atoms with E-state index >= 15 is 0 Å². The number of nitrogens with two attached hydrogens (primary N) is 1. The fourth-order valence-corrected chi connectivity index (χ4v) is 1.94. The lowest BCUT2D eigenvalue weighted by Gasteiger charge is -2.22. The first-order valence-electron chi connectivity index (χ1n) is 5.92. The van der Waals surface area contributed by atoms with Crippen LogP contribution in [0.2, 0.25) is 0 Å². The summed E-state index contributed by atoms with van der Waals surface area (Å²) in [6.07, 6.45) is 0. The van der Waals surface area contributed by atoms with Crippen LogP contribution < -0.4 is 5.73 Å². The second kappa shape index (κ2) is 8.14. The molecule has 1 aromatic rings. The van der Waals surface area contributed by atoms with Gasteiger partial charge in [0, 0.05) is 43.0 Å². The van der Waals surface area contributed by atoms with Crippen LogP contribution in [0.3, 0.4) is 0 Å². The monoisotopic (exact) mass is 330 g/mol. The van der Waals surface area contributed by atoms with Gasteiger partial charge in [-0.05, 0) is 34.1 Å². The Hall–Kier alpha value is -1.11. The Labute approximate surface area is 121 Å². The molecular weight excluding hydrogens is 312 g/mol. The molecule has 6 heteroatoms. The summed E-state index contributed by atoms with van der Waals surface area (Å²) in [5, 5.41) is 0. The highest BCUT2D eigenvalue weighted by molar-refractivity contribution is 9.10. The topological polar surface area (TPSA) is 64.8 Å². The Morgan fingerprint density at radius 1 is 1.26 bits per heavy atom. The smallest absolute Gasteiger partial charge is 0.254 e. The number of nitrogen functional groups attached to an aromatic ring is 1. The molecule has 0 heterocycles. The molecule has 0 atom stereocenters. The summed E-state index contributed by atoms with van der Waals surface area (Å²) in [6.45, 7) is 2.04. The van der Waals surface area contributed by atoms with Gasteiger partial charge in [0.2, 0.25) is 0 Å². The molecule has 1 amide bonds. The largest absolute Gasteiger partial charge is 0.398 e. The standard InChI is InChI=1S/C13H19BrN2O3/c1-18-7-5-16(6-8-19-2)13(17)10-3-4-12(15)11(14)9-10/h3-4,9H,5-8,15H2,1-2H3. The Kier molecular flexibility index (Phi) is 6.83. The quantitative estimate of drug-likeness (QED) is 0.774. The molecule has 0 bridgehead atoms. The van der Waals surface area contributed by atoms with Crippen molar-refractivity contribution in [2.45, 2.75) is 0 Å². The van der Waals surface area contributed by atoms with E-state index in [2.05, 4.69) is 15.9 Å². The highest BCUT2D eigenvalue weighted by Crippen LogP contribution is 2.21. The average Bonchev–Trinajstić information content (AvgIpc) is 2.41. The number of methoxy groups -OCH3 is 2. The number of carbonyl (C=O) groups excluding carboxylic acids is 1. The molecule has 106 valence electrons. The first-order chi connectivity index (χ1) is 9.10. The number of hydrogen-bond donors (Lipinski definition) is 1. The summed E-state index contributed by atoms with van der Waals surface area (Å²) in [7, 11) is 3.22. The molecular formula is C13H19BrN2O3. The lowest BCUT2D eigenvalue weighted by atomic mass is 10.2. The molecule has 2 N–H and O–H groups in total. The average molecular weight is 331 g/mol. The van der Waals surface area contributed by atoms with Crippen LogP contribution in [0.1, 0.15) is 10.4 Å². The first-order valence-corrected chi connectivity index (χ1v) is 6.71. The van der Waals surface area contributed by atoms with E-state index in [1.54, 1.807) is 37.3 Å². The maximum absolute atomic E-state index is 12.4. The number of benzene rings is 1. The van der Waals surface area contributed by atoms with Crippen LogP contribution in [0.25, 0.3) is 0 Å². The van der Waals surface area contributed by atoms with Crippen LogP contribution in [0.4, 0.5) is 5.69 Å². The van der Waals surface area contributed by atoms with Gasteiger partial charge in [-0.3, -0.25) is 4.79 Å². The molecule has 0 unspecified atom stereocenters. The van der Waals surface area contributed by atoms with E-state index in [1.807, 2.05) is 0 Å². The van der Waals surface area contributed by atoms with Crippen LogP contribution in [-0.4, -0.2) is 51.3 Å². The van der Waals surface area contributed by atoms with Gasteiger partial charge in [-0.2, -0.15) is 0 Å². The van der Waals surface area contributed by atoms with E-state index in [0.29, 0.717) is 37.6 Å². The zero-order chi connectivity index (χ0) is 14.3. The number of halogens is 1. The molecule has 0 spiro atoms. The molecule has 0 fully saturated rings. The SMILES string of the molecule is COCCN(CCOC)C(=O)c1ccc(N)c(Br)c1. The number of anilines is 1. The van der Waals surface area contributed by atoms with Gasteiger partial charge < -0.3 is 20.1 Å². The minimum Gasteiger partial charge on any atom is -0.398 e. The second-order valence-corrected chi connectivity index (χ2v) is 4.87. The first kappa shape index (κ1) is 15.9. The number of nitrogens with zero attached hydrogens (tertiary/aromatic N) is 1. The number of amides is 1. The van der Waals surface area contributed by atoms with Gasteiger partial charge in [0.25, 0.3) is 5.91 Å². The Morgan fingerprint density at radius 3 is 2.32 bits per heavy atom. The van der Waals surface area contributed by atoms with Crippen LogP contribution in [0.5, 0.6) is 0 Å². The summed E-state index contributed by atoms with van der Waals surface area (Å²) < 4.78 is 10.8. The molecule has 0 radical (unpaired) electrons. The van der Waals surface area contributed by atoms with Gasteiger partial charge in [-0.1, -0.05) is 0 Å². The summed E-state index contributed by atoms with van der Waals surface area (Å²) in [5.41, 5.74) is 6.91. The highest BCUT2D eigenvalue weighted by atomic mass is 79.9. The van der Waals surface area contributed by atoms with Crippen molar-refractivity contribution in [1.29, 1.82) is 0 Å². The predicted octanol–water partition coefficient (Wildman–Crippen LogP) is 1.77. The molecule has 0 aliphatic rings. The molecule has 1 rings (SSSR count). The van der Waals surface area contributed by atoms with E-state index in [9.17, 15) is 4.79 Å². The summed E-state index contributed by atoms with van der Waals surface area (Å²) >= 11 is 3.32. The van der Waals surface area contributed by atoms with E-state index in [-0.39, 0.29) is 5.91 Å². The fraction of sp³-hybridized carbons (Fsp3) is 0.462. The molecule has 0 aliphatic carbocycles. The van der Waals surface area contributed by atoms with Crippen molar-refractivity contribution in [3.8, 4) is 0 Å². The van der Waals surface area contributed by atoms with Crippen molar-refractivity contribution in [1.82, 2.24) is 4.90 Å². The normalized spacial score (nSPS) is 10.5. The van der Waals surface area contributed by atoms with E-state index in [1.165, 1.54) is 0 Å². The molecule has 5 nitrogen and oxygen atoms in total. The number of carbonyl (C=O) groups is 1. The van der Waals surface area contributed by atoms with E-state index in [4.69, 9.17) is 15.2 Å². The number of ether oxygens (including phenoxy) is 2. The van der Waals surface area contributed by atoms with Gasteiger partial charge in [0.15, 0.2) is 0 Å². The van der Waals surface area contributed by atoms with Crippen LogP contribution in [-0.2, 0) is 9.47 Å². The highest BCUT2D eigenvalue weighted by Gasteiger charge is 2.16. The minimum atomic E-state index is -0.0604. The van der Waals surface area contributed by atoms with Crippen molar-refractivity contribution in [2.24, 2.45) is 0 Å². The number of hydrogen-bond acceptors (Lipinski definition) is 4. The summed E-state index contributed by atoms with van der Waals surface area (Å²) in [6, 6.07) is 5.15. The van der Waals surface area contributed by atoms with Crippen LogP contribution in [0, 0.1) is 0 Å². The van der Waals surface area contributed by atoms with Gasteiger partial charge in [-0.15, -0.1) is 0 Å². The maximum Gasteiger partial charge on any atom is 0.254 e. The molecule has 1 aromatic carbocycles. The summed E-state index contributed by atoms with van der Waals surface area (Å²) in [4.78, 5) is 14.1. The number of rotatable bonds is 7. The zero-order valence-electron chi connectivity index (χ0n) is 11.2. The van der Waals surface area contributed by atoms with Crippen LogP contribution >= 0.6 is 15.9 Å². The molecule has 0 aliphatic heterocycles. The Balaban J connectivity index is 2.81. The van der Waals surface area contributed by atoms with Gasteiger partial charge in [0.1, 0.15) is 0 Å². The van der Waals surface area contributed by atoms with Gasteiger partial charge in [0.05, 0.1) is 13.2 Å². The minimum absolute atomic E-state index is 0.0604. The lowest BCUT2D eigenvalue weighted by molar-refractivity contribution is 0.0627. The molecule has 0 aromatic heterocycles. The Morgan fingerprint density at radius 2 is 1.84 bits per heavy atom. The molecule has 0 saturated carbocycles. The summed E-state index contributed by atoms with van der Waals surface area (Å²) in [5.74, 6) is -0.0604. The maximum atomic E-state index is 12.4. The van der Waals surface area contributed by atoms with Crippen LogP contribution in [0.15, 0.2) is 22.7 Å². The molecule has 0 saturated heterocycles. The van der Waals surface area contributed by atoms with Crippen molar-refractivity contribution < 1.29 is 14.3 Å². The van der Waals surface area contributed by atoms with Crippen molar-refractivity contribution in [2.75, 3.05) is 46.3 Å². The van der Waals surface area contributed by atoms with Gasteiger partial charge in [-0.25, -0.2) is 0 Å². The molecule has 19 heavy (non-hydrogen) atoms. The predicted molar refractivity (Wildman–Crippen MR) is 78.2 cm³/mol. The lowest BCUT2D eigenvalue weighted by Crippen LogP contribution is -2.36. The van der Waals surface area contributed by atoms with Gasteiger partial charge >= 0.3 is 0 Å². The third-order valence-electron chi connectivity index (χ3n) is 2.67.